The quantitative estimate of drug-likeness (QED) is 0.804. The first-order valence-corrected chi connectivity index (χ1v) is 6.14. The number of carbonyl (C=O) groups is 1. The van der Waals surface area contributed by atoms with E-state index in [1.807, 2.05) is 0 Å². The van der Waals surface area contributed by atoms with Crippen LogP contribution in [0.2, 0.25) is 0 Å². The summed E-state index contributed by atoms with van der Waals surface area (Å²) in [6.07, 6.45) is 2.34. The summed E-state index contributed by atoms with van der Waals surface area (Å²) in [7, 11) is 0. The minimum Gasteiger partial charge on any atom is -0.337 e. The van der Waals surface area contributed by atoms with E-state index in [1.165, 1.54) is 12.8 Å². The molecule has 0 radical (unpaired) electrons. The Balaban J connectivity index is 0.00000128. The molecule has 2 rings (SSSR count). The average molecular weight is 247 g/mol. The van der Waals surface area contributed by atoms with Gasteiger partial charge in [0.25, 0.3) is 0 Å². The summed E-state index contributed by atoms with van der Waals surface area (Å²) in [5, 5.41) is 3.24. The van der Waals surface area contributed by atoms with Gasteiger partial charge in [-0.1, -0.05) is 6.92 Å². The molecule has 1 amide bonds. The number of hydrogen-bond acceptors (Lipinski definition) is 2. The van der Waals surface area contributed by atoms with Crippen molar-refractivity contribution in [2.75, 3.05) is 13.1 Å². The topological polar surface area (TPSA) is 32.3 Å². The number of nitrogens with zero attached hydrogens (tertiary/aromatic N) is 1. The standard InChI is InChI=1S/C12H22N2O.ClH/c1-8-4-5-9(2)14(8)12(15)10(3)11-6-13-7-11;/h8-11,13H,4-7H2,1-3H3;1H. The summed E-state index contributed by atoms with van der Waals surface area (Å²) in [5.41, 5.74) is 0. The highest BCUT2D eigenvalue weighted by atomic mass is 35.5. The highest BCUT2D eigenvalue weighted by Gasteiger charge is 2.37. The number of nitrogens with one attached hydrogen (secondary N) is 1. The van der Waals surface area contributed by atoms with Crippen LogP contribution >= 0.6 is 12.4 Å². The van der Waals surface area contributed by atoms with Gasteiger partial charge in [-0.05, 0) is 45.7 Å². The van der Waals surface area contributed by atoms with Crippen LogP contribution in [0.3, 0.4) is 0 Å². The van der Waals surface area contributed by atoms with Crippen LogP contribution in [0.1, 0.15) is 33.6 Å². The summed E-state index contributed by atoms with van der Waals surface area (Å²) < 4.78 is 0. The third-order valence-electron chi connectivity index (χ3n) is 4.12. The van der Waals surface area contributed by atoms with E-state index in [4.69, 9.17) is 0 Å². The molecule has 0 aromatic rings. The van der Waals surface area contributed by atoms with Gasteiger partial charge in [-0.2, -0.15) is 0 Å². The zero-order chi connectivity index (χ0) is 11.0. The average Bonchev–Trinajstić information content (AvgIpc) is 2.42. The molecule has 2 aliphatic heterocycles. The second-order valence-corrected chi connectivity index (χ2v) is 5.23. The fraction of sp³-hybridized carbons (Fsp3) is 0.917. The summed E-state index contributed by atoms with van der Waals surface area (Å²) in [6.45, 7) is 8.47. The van der Waals surface area contributed by atoms with Gasteiger partial charge in [-0.15, -0.1) is 12.4 Å². The van der Waals surface area contributed by atoms with Crippen LogP contribution in [0, 0.1) is 11.8 Å². The normalized spacial score (nSPS) is 31.8. The lowest BCUT2D eigenvalue weighted by Gasteiger charge is -2.36. The molecule has 2 fully saturated rings. The molecular formula is C12H23ClN2O. The van der Waals surface area contributed by atoms with Crippen molar-refractivity contribution >= 4 is 18.3 Å². The molecule has 1 N–H and O–H groups in total. The zero-order valence-corrected chi connectivity index (χ0v) is 11.2. The molecule has 0 saturated carbocycles. The van der Waals surface area contributed by atoms with Gasteiger partial charge in [0.15, 0.2) is 0 Å². The maximum atomic E-state index is 12.3. The number of carbonyl (C=O) groups excluding carboxylic acids is 1. The largest absolute Gasteiger partial charge is 0.337 e. The first-order valence-electron chi connectivity index (χ1n) is 6.14. The molecule has 2 aliphatic rings. The minimum atomic E-state index is 0. The maximum absolute atomic E-state index is 12.3. The molecule has 4 heteroatoms. The molecule has 0 aliphatic carbocycles. The third-order valence-corrected chi connectivity index (χ3v) is 4.12. The van der Waals surface area contributed by atoms with Gasteiger partial charge in [0.2, 0.25) is 5.91 Å². The second kappa shape index (κ2) is 5.37. The molecule has 0 aromatic heterocycles. The van der Waals surface area contributed by atoms with Crippen LogP contribution in [0.25, 0.3) is 0 Å². The first-order chi connectivity index (χ1) is 7.11. The van der Waals surface area contributed by atoms with E-state index in [9.17, 15) is 4.79 Å². The number of rotatable bonds is 2. The fourth-order valence-corrected chi connectivity index (χ4v) is 2.73. The van der Waals surface area contributed by atoms with E-state index in [0.29, 0.717) is 23.9 Å². The van der Waals surface area contributed by atoms with Crippen LogP contribution in [0.5, 0.6) is 0 Å². The molecule has 0 spiro atoms. The van der Waals surface area contributed by atoms with Gasteiger partial charge in [-0.25, -0.2) is 0 Å². The Labute approximate surface area is 104 Å². The monoisotopic (exact) mass is 246 g/mol. The Bertz CT molecular complexity index is 245. The third kappa shape index (κ3) is 2.35. The lowest BCUT2D eigenvalue weighted by molar-refractivity contribution is -0.139. The number of halogens is 1. The van der Waals surface area contributed by atoms with Crippen LogP contribution in [0.4, 0.5) is 0 Å². The summed E-state index contributed by atoms with van der Waals surface area (Å²) in [5.74, 6) is 1.14. The Morgan fingerprint density at radius 2 is 1.75 bits per heavy atom. The van der Waals surface area contributed by atoms with Crippen molar-refractivity contribution in [1.29, 1.82) is 0 Å². The Hall–Kier alpha value is -0.280. The van der Waals surface area contributed by atoms with E-state index < -0.39 is 0 Å². The number of hydrogen-bond donors (Lipinski definition) is 1. The Morgan fingerprint density at radius 1 is 1.25 bits per heavy atom. The van der Waals surface area contributed by atoms with Crippen LogP contribution in [0.15, 0.2) is 0 Å². The van der Waals surface area contributed by atoms with Gasteiger partial charge in [0, 0.05) is 18.0 Å². The van der Waals surface area contributed by atoms with Crippen molar-refractivity contribution in [3.8, 4) is 0 Å². The van der Waals surface area contributed by atoms with Gasteiger partial charge >= 0.3 is 0 Å². The molecule has 0 bridgehead atoms. The van der Waals surface area contributed by atoms with Crippen molar-refractivity contribution in [3.05, 3.63) is 0 Å². The van der Waals surface area contributed by atoms with E-state index in [0.717, 1.165) is 13.1 Å². The molecule has 16 heavy (non-hydrogen) atoms. The Morgan fingerprint density at radius 3 is 2.12 bits per heavy atom. The molecule has 2 saturated heterocycles. The van der Waals surface area contributed by atoms with Crippen molar-refractivity contribution in [2.24, 2.45) is 11.8 Å². The van der Waals surface area contributed by atoms with Crippen molar-refractivity contribution in [1.82, 2.24) is 10.2 Å². The molecule has 0 aromatic carbocycles. The van der Waals surface area contributed by atoms with Crippen LogP contribution < -0.4 is 5.32 Å². The summed E-state index contributed by atoms with van der Waals surface area (Å²) in [4.78, 5) is 14.4. The van der Waals surface area contributed by atoms with Gasteiger partial charge in [-0.3, -0.25) is 4.79 Å². The predicted molar refractivity (Wildman–Crippen MR) is 67.8 cm³/mol. The van der Waals surface area contributed by atoms with Gasteiger partial charge in [0.1, 0.15) is 0 Å². The van der Waals surface area contributed by atoms with E-state index in [-0.39, 0.29) is 18.3 Å². The minimum absolute atomic E-state index is 0. The lowest BCUT2D eigenvalue weighted by Crippen LogP contribution is -2.52. The number of amides is 1. The molecule has 3 nitrogen and oxygen atoms in total. The molecule has 3 unspecified atom stereocenters. The van der Waals surface area contributed by atoms with E-state index in [2.05, 4.69) is 31.0 Å². The van der Waals surface area contributed by atoms with Crippen molar-refractivity contribution < 1.29 is 4.79 Å². The first kappa shape index (κ1) is 13.8. The highest BCUT2D eigenvalue weighted by molar-refractivity contribution is 5.85. The SMILES string of the molecule is CC(C(=O)N1C(C)CCC1C)C1CNC1.Cl. The van der Waals surface area contributed by atoms with E-state index in [1.54, 1.807) is 0 Å². The second-order valence-electron chi connectivity index (χ2n) is 5.23. The van der Waals surface area contributed by atoms with Crippen LogP contribution in [-0.4, -0.2) is 36.0 Å². The van der Waals surface area contributed by atoms with Crippen molar-refractivity contribution in [2.45, 2.75) is 45.7 Å². The predicted octanol–water partition coefficient (Wildman–Crippen LogP) is 1.66. The highest BCUT2D eigenvalue weighted by Crippen LogP contribution is 2.28. The Kier molecular flexibility index (Phi) is 4.62. The molecule has 2 heterocycles. The lowest BCUT2D eigenvalue weighted by atomic mass is 9.87. The summed E-state index contributed by atoms with van der Waals surface area (Å²) in [6, 6.07) is 0.894. The van der Waals surface area contributed by atoms with Crippen LogP contribution in [-0.2, 0) is 4.79 Å². The van der Waals surface area contributed by atoms with E-state index >= 15 is 0 Å². The molecular weight excluding hydrogens is 224 g/mol. The maximum Gasteiger partial charge on any atom is 0.226 e. The van der Waals surface area contributed by atoms with Gasteiger partial charge < -0.3 is 10.2 Å². The smallest absolute Gasteiger partial charge is 0.226 e. The zero-order valence-electron chi connectivity index (χ0n) is 10.4. The van der Waals surface area contributed by atoms with Crippen molar-refractivity contribution in [3.63, 3.8) is 0 Å². The molecule has 3 atom stereocenters. The van der Waals surface area contributed by atoms with Gasteiger partial charge in [0.05, 0.1) is 0 Å². The fourth-order valence-electron chi connectivity index (χ4n) is 2.73. The number of likely N-dealkylation sites (tertiary alicyclic amines) is 1. The molecule has 94 valence electrons. The summed E-state index contributed by atoms with van der Waals surface area (Å²) >= 11 is 0.